The number of hydrogen-bond donors (Lipinski definition) is 2. The molecule has 1 aromatic rings. The topological polar surface area (TPSA) is 83.8 Å². The predicted octanol–water partition coefficient (Wildman–Crippen LogP) is 2.81. The molecule has 0 aromatic heterocycles. The summed E-state index contributed by atoms with van der Waals surface area (Å²) in [6.07, 6.45) is 3.19. The van der Waals surface area contributed by atoms with E-state index in [0.29, 0.717) is 17.7 Å². The number of hydrogen-bond acceptors (Lipinski definition) is 4. The van der Waals surface area contributed by atoms with Gasteiger partial charge in [0, 0.05) is 0 Å². The van der Waals surface area contributed by atoms with E-state index in [4.69, 9.17) is 14.9 Å². The van der Waals surface area contributed by atoms with Gasteiger partial charge in [0.25, 0.3) is 0 Å². The van der Waals surface area contributed by atoms with E-state index in [1.807, 2.05) is 6.92 Å². The summed E-state index contributed by atoms with van der Waals surface area (Å²) in [5.41, 5.74) is 0.900. The minimum Gasteiger partial charge on any atom is -0.478 e. The maximum Gasteiger partial charge on any atom is 0.338 e. The molecule has 116 valence electrons. The third kappa shape index (κ3) is 6.72. The molecular weight excluding hydrogens is 272 g/mol. The standard InChI is InChI=1S/C13H16O4.C3H6O/c1-3-4-8-17-13(16)11-7-5-6-10(9(11)2)12(14)15;1-2-3-4/h5-7H,3-4,8H2,1-2H3,(H,14,15);2,4H,1,3H2. The Labute approximate surface area is 124 Å². The average molecular weight is 294 g/mol. The summed E-state index contributed by atoms with van der Waals surface area (Å²) in [4.78, 5) is 22.6. The van der Waals surface area contributed by atoms with Crippen molar-refractivity contribution >= 4 is 11.9 Å². The smallest absolute Gasteiger partial charge is 0.338 e. The molecule has 5 nitrogen and oxygen atoms in total. The third-order valence-corrected chi connectivity index (χ3v) is 2.64. The Hall–Kier alpha value is -2.14. The van der Waals surface area contributed by atoms with E-state index in [9.17, 15) is 9.59 Å². The number of ether oxygens (including phenoxy) is 1. The van der Waals surface area contributed by atoms with Gasteiger partial charge in [-0.25, -0.2) is 9.59 Å². The molecule has 0 amide bonds. The number of carboxylic acid groups (broad SMARTS) is 1. The molecule has 0 saturated carbocycles. The van der Waals surface area contributed by atoms with Gasteiger partial charge in [0.15, 0.2) is 0 Å². The van der Waals surface area contributed by atoms with Crippen LogP contribution in [0.25, 0.3) is 0 Å². The van der Waals surface area contributed by atoms with Gasteiger partial charge in [-0.05, 0) is 31.0 Å². The fraction of sp³-hybridized carbons (Fsp3) is 0.375. The highest BCUT2D eigenvalue weighted by Crippen LogP contribution is 2.15. The molecule has 0 bridgehead atoms. The van der Waals surface area contributed by atoms with Crippen molar-refractivity contribution in [2.75, 3.05) is 13.2 Å². The first-order chi connectivity index (χ1) is 9.99. The van der Waals surface area contributed by atoms with Gasteiger partial charge in [-0.15, -0.1) is 6.58 Å². The Morgan fingerprint density at radius 3 is 2.38 bits per heavy atom. The summed E-state index contributed by atoms with van der Waals surface area (Å²) < 4.78 is 5.05. The highest BCUT2D eigenvalue weighted by molar-refractivity contribution is 5.97. The monoisotopic (exact) mass is 294 g/mol. The SMILES string of the molecule is C=CCO.CCCCOC(=O)c1cccc(C(=O)O)c1C. The normalized spacial score (nSPS) is 9.29. The van der Waals surface area contributed by atoms with E-state index in [-0.39, 0.29) is 12.2 Å². The van der Waals surface area contributed by atoms with Crippen LogP contribution >= 0.6 is 0 Å². The number of unbranched alkanes of at least 4 members (excludes halogenated alkanes) is 1. The Bertz CT molecular complexity index is 480. The lowest BCUT2D eigenvalue weighted by atomic mass is 10.0. The zero-order valence-electron chi connectivity index (χ0n) is 12.5. The number of aliphatic hydroxyl groups excluding tert-OH is 1. The predicted molar refractivity (Wildman–Crippen MR) is 80.6 cm³/mol. The molecule has 0 saturated heterocycles. The number of rotatable bonds is 6. The molecular formula is C16H22O5. The first-order valence-electron chi connectivity index (χ1n) is 6.71. The molecule has 0 radical (unpaired) electrons. The van der Waals surface area contributed by atoms with Gasteiger partial charge in [-0.3, -0.25) is 0 Å². The van der Waals surface area contributed by atoms with E-state index in [1.165, 1.54) is 12.1 Å². The lowest BCUT2D eigenvalue weighted by Gasteiger charge is -2.08. The fourth-order valence-corrected chi connectivity index (χ4v) is 1.48. The molecule has 5 heteroatoms. The zero-order valence-corrected chi connectivity index (χ0v) is 12.5. The Kier molecular flexibility index (Phi) is 9.54. The highest BCUT2D eigenvalue weighted by atomic mass is 16.5. The summed E-state index contributed by atoms with van der Waals surface area (Å²) in [6, 6.07) is 4.60. The van der Waals surface area contributed by atoms with Crippen LogP contribution in [-0.2, 0) is 4.74 Å². The van der Waals surface area contributed by atoms with Crippen LogP contribution < -0.4 is 0 Å². The molecule has 2 N–H and O–H groups in total. The maximum absolute atomic E-state index is 11.7. The summed E-state index contributed by atoms with van der Waals surface area (Å²) in [6.45, 7) is 7.29. The van der Waals surface area contributed by atoms with Crippen LogP contribution in [0.2, 0.25) is 0 Å². The van der Waals surface area contributed by atoms with Crippen molar-refractivity contribution in [1.29, 1.82) is 0 Å². The van der Waals surface area contributed by atoms with Gasteiger partial charge in [0.1, 0.15) is 0 Å². The third-order valence-electron chi connectivity index (χ3n) is 2.64. The quantitative estimate of drug-likeness (QED) is 0.479. The zero-order chi connectivity index (χ0) is 16.3. The number of carbonyl (C=O) groups is 2. The van der Waals surface area contributed by atoms with E-state index in [1.54, 1.807) is 19.1 Å². The Morgan fingerprint density at radius 2 is 1.90 bits per heavy atom. The van der Waals surface area contributed by atoms with Crippen molar-refractivity contribution < 1.29 is 24.5 Å². The minimum atomic E-state index is -1.04. The number of esters is 1. The van der Waals surface area contributed by atoms with Crippen LogP contribution in [0.15, 0.2) is 30.9 Å². The summed E-state index contributed by atoms with van der Waals surface area (Å²) in [7, 11) is 0. The first-order valence-corrected chi connectivity index (χ1v) is 6.71. The van der Waals surface area contributed by atoms with Gasteiger partial charge < -0.3 is 14.9 Å². The van der Waals surface area contributed by atoms with Crippen molar-refractivity contribution in [2.24, 2.45) is 0 Å². The molecule has 1 rings (SSSR count). The lowest BCUT2D eigenvalue weighted by Crippen LogP contribution is -2.11. The van der Waals surface area contributed by atoms with Gasteiger partial charge in [-0.2, -0.15) is 0 Å². The minimum absolute atomic E-state index is 0.0833. The highest BCUT2D eigenvalue weighted by Gasteiger charge is 2.15. The van der Waals surface area contributed by atoms with E-state index < -0.39 is 11.9 Å². The number of carboxylic acids is 1. The van der Waals surface area contributed by atoms with Gasteiger partial charge in [0.2, 0.25) is 0 Å². The van der Waals surface area contributed by atoms with Crippen LogP contribution in [0.1, 0.15) is 46.0 Å². The second-order valence-corrected chi connectivity index (χ2v) is 4.24. The maximum atomic E-state index is 11.7. The summed E-state index contributed by atoms with van der Waals surface area (Å²) >= 11 is 0. The van der Waals surface area contributed by atoms with Crippen molar-refractivity contribution in [3.63, 3.8) is 0 Å². The van der Waals surface area contributed by atoms with Crippen molar-refractivity contribution in [1.82, 2.24) is 0 Å². The van der Waals surface area contributed by atoms with Crippen molar-refractivity contribution in [3.8, 4) is 0 Å². The van der Waals surface area contributed by atoms with Crippen LogP contribution in [0.3, 0.4) is 0 Å². The number of carbonyl (C=O) groups excluding carboxylic acids is 1. The summed E-state index contributed by atoms with van der Waals surface area (Å²) in [5.74, 6) is -1.50. The number of aliphatic hydroxyl groups is 1. The van der Waals surface area contributed by atoms with Crippen molar-refractivity contribution in [2.45, 2.75) is 26.7 Å². The second-order valence-electron chi connectivity index (χ2n) is 4.24. The molecule has 21 heavy (non-hydrogen) atoms. The van der Waals surface area contributed by atoms with Crippen molar-refractivity contribution in [3.05, 3.63) is 47.5 Å². The van der Waals surface area contributed by atoms with E-state index >= 15 is 0 Å². The van der Waals surface area contributed by atoms with Crippen LogP contribution in [-0.4, -0.2) is 35.4 Å². The molecule has 0 unspecified atom stereocenters. The van der Waals surface area contributed by atoms with Gasteiger partial charge >= 0.3 is 11.9 Å². The number of aromatic carboxylic acids is 1. The lowest BCUT2D eigenvalue weighted by molar-refractivity contribution is 0.0499. The molecule has 0 spiro atoms. The molecule has 1 aromatic carbocycles. The largest absolute Gasteiger partial charge is 0.478 e. The average Bonchev–Trinajstić information content (AvgIpc) is 2.47. The van der Waals surface area contributed by atoms with Gasteiger partial charge in [-0.1, -0.05) is 25.5 Å². The molecule has 0 aliphatic heterocycles. The van der Waals surface area contributed by atoms with E-state index in [2.05, 4.69) is 6.58 Å². The second kappa shape index (κ2) is 10.6. The number of benzene rings is 1. The van der Waals surface area contributed by atoms with Crippen LogP contribution in [0.5, 0.6) is 0 Å². The Balaban J connectivity index is 0.000000885. The molecule has 0 fully saturated rings. The van der Waals surface area contributed by atoms with E-state index in [0.717, 1.165) is 12.8 Å². The molecule has 0 aliphatic carbocycles. The van der Waals surface area contributed by atoms with Crippen LogP contribution in [0.4, 0.5) is 0 Å². The first kappa shape index (κ1) is 18.9. The molecule has 0 atom stereocenters. The molecule has 0 heterocycles. The fourth-order valence-electron chi connectivity index (χ4n) is 1.48. The van der Waals surface area contributed by atoms with Gasteiger partial charge in [0.05, 0.1) is 24.3 Å². The molecule has 0 aliphatic rings. The summed E-state index contributed by atoms with van der Waals surface area (Å²) in [5, 5.41) is 16.7. The Morgan fingerprint density at radius 1 is 1.33 bits per heavy atom. The van der Waals surface area contributed by atoms with Crippen LogP contribution in [0, 0.1) is 6.92 Å².